The number of rotatable bonds is 1. The van der Waals surface area contributed by atoms with E-state index in [1.54, 1.807) is 6.20 Å². The van der Waals surface area contributed by atoms with Gasteiger partial charge in [0.25, 0.3) is 0 Å². The predicted molar refractivity (Wildman–Crippen MR) is 66.3 cm³/mol. The normalized spacial score (nSPS) is 17.9. The third-order valence-corrected chi connectivity index (χ3v) is 3.13. The summed E-state index contributed by atoms with van der Waals surface area (Å²) in [5.41, 5.74) is 3.96. The molecule has 0 saturated carbocycles. The van der Waals surface area contributed by atoms with Crippen molar-refractivity contribution in [2.45, 2.75) is 0 Å². The molecule has 0 spiro atoms. The molecule has 2 aliphatic heterocycles. The zero-order valence-corrected chi connectivity index (χ0v) is 9.40. The van der Waals surface area contributed by atoms with Crippen molar-refractivity contribution >= 4 is 33.1 Å². The van der Waals surface area contributed by atoms with Crippen molar-refractivity contribution in [2.75, 3.05) is 0 Å². The van der Waals surface area contributed by atoms with Gasteiger partial charge in [-0.25, -0.2) is 4.99 Å². The molecule has 0 fully saturated rings. The Hall–Kier alpha value is -1.48. The lowest BCUT2D eigenvalue weighted by Gasteiger charge is -1.99. The fraction of sp³-hybridized carbons (Fsp3) is 0. The number of fused-ring (bicyclic) bond motifs is 1. The van der Waals surface area contributed by atoms with Crippen molar-refractivity contribution in [3.8, 4) is 0 Å². The van der Waals surface area contributed by atoms with Crippen molar-refractivity contribution in [1.29, 1.82) is 0 Å². The summed E-state index contributed by atoms with van der Waals surface area (Å²) in [6.45, 7) is 0. The van der Waals surface area contributed by atoms with E-state index < -0.39 is 0 Å². The van der Waals surface area contributed by atoms with Crippen molar-refractivity contribution in [3.63, 3.8) is 0 Å². The van der Waals surface area contributed by atoms with E-state index in [0.29, 0.717) is 0 Å². The maximum atomic E-state index is 4.53. The molecule has 0 aliphatic carbocycles. The zero-order chi connectivity index (χ0) is 10.3. The molecule has 0 radical (unpaired) electrons. The van der Waals surface area contributed by atoms with Crippen LogP contribution in [0.15, 0.2) is 57.1 Å². The Morgan fingerprint density at radius 1 is 1.07 bits per heavy atom. The van der Waals surface area contributed by atoms with Gasteiger partial charge in [0.2, 0.25) is 0 Å². The Morgan fingerprint density at radius 2 is 1.87 bits per heavy atom. The molecule has 0 saturated heterocycles. The molecule has 0 atom stereocenters. The van der Waals surface area contributed by atoms with Crippen LogP contribution in [-0.4, -0.2) is 11.4 Å². The summed E-state index contributed by atoms with van der Waals surface area (Å²) in [5.74, 6) is 0. The lowest BCUT2D eigenvalue weighted by atomic mass is 10.1. The van der Waals surface area contributed by atoms with E-state index in [4.69, 9.17) is 0 Å². The second kappa shape index (κ2) is 3.28. The van der Waals surface area contributed by atoms with Crippen LogP contribution in [0.5, 0.6) is 0 Å². The van der Waals surface area contributed by atoms with Gasteiger partial charge in [-0.3, -0.25) is 4.99 Å². The number of hydrogen-bond acceptors (Lipinski definition) is 2. The molecule has 0 aromatic heterocycles. The number of hydrogen-bond donors (Lipinski definition) is 0. The van der Waals surface area contributed by atoms with Crippen LogP contribution in [0.1, 0.15) is 5.56 Å². The van der Waals surface area contributed by atoms with Crippen molar-refractivity contribution < 1.29 is 0 Å². The summed E-state index contributed by atoms with van der Waals surface area (Å²) in [6.07, 6.45) is 3.70. The molecule has 0 bridgehead atoms. The van der Waals surface area contributed by atoms with Gasteiger partial charge in [0.1, 0.15) is 5.71 Å². The second-order valence-electron chi connectivity index (χ2n) is 3.32. The summed E-state index contributed by atoms with van der Waals surface area (Å²) in [4.78, 5) is 8.79. The van der Waals surface area contributed by atoms with Gasteiger partial charge in [0.05, 0.1) is 15.9 Å². The van der Waals surface area contributed by atoms with Gasteiger partial charge in [-0.15, -0.1) is 0 Å². The number of nitrogens with zero attached hydrogens (tertiary/aromatic N) is 2. The van der Waals surface area contributed by atoms with Gasteiger partial charge >= 0.3 is 0 Å². The highest BCUT2D eigenvalue weighted by molar-refractivity contribution is 9.12. The Balaban J connectivity index is 2.13. The first-order chi connectivity index (χ1) is 7.36. The van der Waals surface area contributed by atoms with Crippen LogP contribution in [0.25, 0.3) is 5.70 Å². The fourth-order valence-electron chi connectivity index (χ4n) is 1.66. The topological polar surface area (TPSA) is 24.7 Å². The van der Waals surface area contributed by atoms with E-state index in [-0.39, 0.29) is 0 Å². The third kappa shape index (κ3) is 1.31. The Bertz CT molecular complexity index is 536. The van der Waals surface area contributed by atoms with Gasteiger partial charge in [0.15, 0.2) is 0 Å². The summed E-state index contributed by atoms with van der Waals surface area (Å²) in [5, 5.41) is 0. The first kappa shape index (κ1) is 8.80. The summed E-state index contributed by atoms with van der Waals surface area (Å²) in [6, 6.07) is 10.1. The molecule has 3 heteroatoms. The lowest BCUT2D eigenvalue weighted by Crippen LogP contribution is -2.02. The first-order valence-corrected chi connectivity index (χ1v) is 5.44. The van der Waals surface area contributed by atoms with E-state index in [9.17, 15) is 0 Å². The van der Waals surface area contributed by atoms with E-state index in [0.717, 1.165) is 27.2 Å². The van der Waals surface area contributed by atoms with Gasteiger partial charge in [-0.1, -0.05) is 30.3 Å². The summed E-state index contributed by atoms with van der Waals surface area (Å²) >= 11 is 3.54. The van der Waals surface area contributed by atoms with Crippen LogP contribution in [0, 0.1) is 0 Å². The maximum Gasteiger partial charge on any atom is 0.105 e. The Labute approximate surface area is 95.9 Å². The predicted octanol–water partition coefficient (Wildman–Crippen LogP) is 3.17. The molecule has 0 unspecified atom stereocenters. The average molecular weight is 259 g/mol. The highest BCUT2D eigenvalue weighted by Gasteiger charge is 2.24. The number of benzene rings is 1. The molecule has 2 nitrogen and oxygen atoms in total. The van der Waals surface area contributed by atoms with E-state index >= 15 is 0 Å². The standard InChI is InChI=1S/C12H7BrN2/c13-10-11(8-4-2-1-3-5-8)15-9-6-7-14-12(9)10/h1-7H. The molecule has 15 heavy (non-hydrogen) atoms. The molecular weight excluding hydrogens is 252 g/mol. The van der Waals surface area contributed by atoms with E-state index in [2.05, 4.69) is 25.9 Å². The number of allylic oxidation sites excluding steroid dienone is 2. The fourth-order valence-corrected chi connectivity index (χ4v) is 2.28. The largest absolute Gasteiger partial charge is 0.253 e. The van der Waals surface area contributed by atoms with Crippen LogP contribution in [-0.2, 0) is 0 Å². The van der Waals surface area contributed by atoms with E-state index in [1.807, 2.05) is 36.4 Å². The van der Waals surface area contributed by atoms with Crippen LogP contribution in [0.3, 0.4) is 0 Å². The van der Waals surface area contributed by atoms with Gasteiger partial charge in [-0.2, -0.15) is 0 Å². The summed E-state index contributed by atoms with van der Waals surface area (Å²) < 4.78 is 0.980. The van der Waals surface area contributed by atoms with E-state index in [1.165, 1.54) is 0 Å². The molecule has 1 aromatic carbocycles. The minimum absolute atomic E-state index is 0.939. The van der Waals surface area contributed by atoms with Crippen LogP contribution < -0.4 is 0 Å². The SMILES string of the molecule is BrC1=C(c2ccccc2)N=C2C=CN=C21. The first-order valence-electron chi connectivity index (χ1n) is 4.65. The molecule has 0 N–H and O–H groups in total. The molecule has 2 aliphatic rings. The number of aliphatic imine (C=N–C) groups is 2. The van der Waals surface area contributed by atoms with Gasteiger partial charge in [-0.05, 0) is 22.0 Å². The quantitative estimate of drug-likeness (QED) is 0.740. The van der Waals surface area contributed by atoms with Crippen molar-refractivity contribution in [2.24, 2.45) is 9.98 Å². The monoisotopic (exact) mass is 258 g/mol. The molecule has 0 amide bonds. The minimum atomic E-state index is 0.939. The maximum absolute atomic E-state index is 4.53. The highest BCUT2D eigenvalue weighted by Crippen LogP contribution is 2.32. The van der Waals surface area contributed by atoms with Gasteiger partial charge in [0, 0.05) is 11.8 Å². The van der Waals surface area contributed by atoms with Crippen LogP contribution in [0.4, 0.5) is 0 Å². The van der Waals surface area contributed by atoms with Crippen molar-refractivity contribution in [1.82, 2.24) is 0 Å². The number of halogens is 1. The molecular formula is C12H7BrN2. The Kier molecular flexibility index (Phi) is 1.92. The van der Waals surface area contributed by atoms with Crippen LogP contribution in [0.2, 0.25) is 0 Å². The van der Waals surface area contributed by atoms with Gasteiger partial charge < -0.3 is 0 Å². The second-order valence-corrected chi connectivity index (χ2v) is 4.11. The van der Waals surface area contributed by atoms with Crippen LogP contribution >= 0.6 is 15.9 Å². The average Bonchev–Trinajstić information content (AvgIpc) is 2.83. The summed E-state index contributed by atoms with van der Waals surface area (Å²) in [7, 11) is 0. The molecule has 1 aromatic rings. The highest BCUT2D eigenvalue weighted by atomic mass is 79.9. The molecule has 72 valence electrons. The zero-order valence-electron chi connectivity index (χ0n) is 7.81. The smallest absolute Gasteiger partial charge is 0.105 e. The van der Waals surface area contributed by atoms with Crippen molar-refractivity contribution in [3.05, 3.63) is 52.7 Å². The lowest BCUT2D eigenvalue weighted by molar-refractivity contribution is 1.52. The third-order valence-electron chi connectivity index (χ3n) is 2.37. The Morgan fingerprint density at radius 3 is 2.60 bits per heavy atom. The minimum Gasteiger partial charge on any atom is -0.253 e. The molecule has 3 rings (SSSR count). The molecule has 2 heterocycles.